The average Bonchev–Trinajstić information content (AvgIpc) is 2.47. The van der Waals surface area contributed by atoms with E-state index in [0.717, 1.165) is 44.1 Å². The minimum atomic E-state index is 0.0231. The molecule has 4 nitrogen and oxygen atoms in total. The lowest BCUT2D eigenvalue weighted by atomic mass is 10.00. The summed E-state index contributed by atoms with van der Waals surface area (Å²) in [6.07, 6.45) is 2.21. The Bertz CT molecular complexity index is 448. The molecular weight excluding hydrogens is 262 g/mol. The van der Waals surface area contributed by atoms with Crippen molar-refractivity contribution in [3.8, 4) is 0 Å². The highest BCUT2D eigenvalue weighted by atomic mass is 16.2. The van der Waals surface area contributed by atoms with Crippen molar-refractivity contribution < 1.29 is 4.79 Å². The highest BCUT2D eigenvalue weighted by Crippen LogP contribution is 2.17. The van der Waals surface area contributed by atoms with Crippen LogP contribution in [0.5, 0.6) is 0 Å². The van der Waals surface area contributed by atoms with E-state index in [9.17, 15) is 4.79 Å². The summed E-state index contributed by atoms with van der Waals surface area (Å²) < 4.78 is 0. The average molecular weight is 289 g/mol. The van der Waals surface area contributed by atoms with Gasteiger partial charge in [0.05, 0.1) is 0 Å². The Labute approximate surface area is 127 Å². The summed E-state index contributed by atoms with van der Waals surface area (Å²) in [5, 5.41) is 6.37. The number of hydrogen-bond donors (Lipinski definition) is 2. The van der Waals surface area contributed by atoms with Crippen LogP contribution in [-0.2, 0) is 6.54 Å². The van der Waals surface area contributed by atoms with Gasteiger partial charge in [-0.3, -0.25) is 0 Å². The summed E-state index contributed by atoms with van der Waals surface area (Å²) in [5.74, 6) is 0.738. The Morgan fingerprint density at radius 1 is 1.24 bits per heavy atom. The fraction of sp³-hybridized carbons (Fsp3) is 0.588. The number of amides is 2. The first-order chi connectivity index (χ1) is 10.0. The monoisotopic (exact) mass is 289 g/mol. The summed E-state index contributed by atoms with van der Waals surface area (Å²) in [6, 6.07) is 8.57. The van der Waals surface area contributed by atoms with Gasteiger partial charge >= 0.3 is 6.03 Å². The maximum Gasteiger partial charge on any atom is 0.321 e. The minimum Gasteiger partial charge on any atom is -0.325 e. The molecule has 1 aliphatic rings. The van der Waals surface area contributed by atoms with E-state index in [1.165, 1.54) is 5.56 Å². The fourth-order valence-electron chi connectivity index (χ4n) is 2.44. The SMILES string of the molecule is CC1CCN(C(=O)Nc2ccc(CNC(C)C)cc2)CC1. The molecule has 0 saturated carbocycles. The zero-order chi connectivity index (χ0) is 15.2. The second-order valence-electron chi connectivity index (χ2n) is 6.33. The lowest BCUT2D eigenvalue weighted by Crippen LogP contribution is -2.40. The van der Waals surface area contributed by atoms with E-state index in [2.05, 4.69) is 43.5 Å². The lowest BCUT2D eigenvalue weighted by molar-refractivity contribution is 0.186. The Morgan fingerprint density at radius 3 is 2.43 bits per heavy atom. The van der Waals surface area contributed by atoms with Crippen molar-refractivity contribution in [1.82, 2.24) is 10.2 Å². The van der Waals surface area contributed by atoms with Crippen molar-refractivity contribution in [3.63, 3.8) is 0 Å². The van der Waals surface area contributed by atoms with Gasteiger partial charge in [0.2, 0.25) is 0 Å². The largest absolute Gasteiger partial charge is 0.325 e. The topological polar surface area (TPSA) is 44.4 Å². The van der Waals surface area contributed by atoms with Crippen LogP contribution < -0.4 is 10.6 Å². The molecule has 4 heteroatoms. The number of nitrogens with one attached hydrogen (secondary N) is 2. The first-order valence-electron chi connectivity index (χ1n) is 7.93. The summed E-state index contributed by atoms with van der Waals surface area (Å²) >= 11 is 0. The molecule has 1 aromatic rings. The summed E-state index contributed by atoms with van der Waals surface area (Å²) in [5.41, 5.74) is 2.10. The number of piperidine rings is 1. The molecule has 2 N–H and O–H groups in total. The van der Waals surface area contributed by atoms with Crippen molar-refractivity contribution in [2.24, 2.45) is 5.92 Å². The molecule has 0 unspecified atom stereocenters. The first kappa shape index (κ1) is 15.8. The Morgan fingerprint density at radius 2 is 1.86 bits per heavy atom. The number of carbonyl (C=O) groups is 1. The number of anilines is 1. The molecule has 0 aliphatic carbocycles. The van der Waals surface area contributed by atoms with Crippen LogP contribution in [-0.4, -0.2) is 30.1 Å². The van der Waals surface area contributed by atoms with E-state index in [-0.39, 0.29) is 6.03 Å². The third-order valence-electron chi connectivity index (χ3n) is 3.99. The van der Waals surface area contributed by atoms with Crippen LogP contribution in [0.15, 0.2) is 24.3 Å². The smallest absolute Gasteiger partial charge is 0.321 e. The molecule has 116 valence electrons. The molecule has 0 radical (unpaired) electrons. The van der Waals surface area contributed by atoms with Crippen LogP contribution in [0.3, 0.4) is 0 Å². The fourth-order valence-corrected chi connectivity index (χ4v) is 2.44. The molecule has 2 rings (SSSR count). The number of nitrogens with zero attached hydrogens (tertiary/aromatic N) is 1. The quantitative estimate of drug-likeness (QED) is 0.891. The van der Waals surface area contributed by atoms with E-state index >= 15 is 0 Å². The summed E-state index contributed by atoms with van der Waals surface area (Å²) in [4.78, 5) is 14.1. The van der Waals surface area contributed by atoms with Crippen LogP contribution in [0, 0.1) is 5.92 Å². The maximum absolute atomic E-state index is 12.2. The number of urea groups is 1. The van der Waals surface area contributed by atoms with Gasteiger partial charge in [-0.2, -0.15) is 0 Å². The predicted octanol–water partition coefficient (Wildman–Crippen LogP) is 3.45. The standard InChI is InChI=1S/C17H27N3O/c1-13(2)18-12-15-4-6-16(7-5-15)19-17(21)20-10-8-14(3)9-11-20/h4-7,13-14,18H,8-12H2,1-3H3,(H,19,21). The molecule has 21 heavy (non-hydrogen) atoms. The number of benzene rings is 1. The van der Waals surface area contributed by atoms with Gasteiger partial charge in [-0.05, 0) is 36.5 Å². The molecule has 1 heterocycles. The van der Waals surface area contributed by atoms with Gasteiger partial charge in [0, 0.05) is 31.4 Å². The Hall–Kier alpha value is -1.55. The van der Waals surface area contributed by atoms with Gasteiger partial charge in [-0.15, -0.1) is 0 Å². The van der Waals surface area contributed by atoms with E-state index in [1.54, 1.807) is 0 Å². The van der Waals surface area contributed by atoms with Gasteiger partial charge < -0.3 is 15.5 Å². The minimum absolute atomic E-state index is 0.0231. The van der Waals surface area contributed by atoms with Crippen molar-refractivity contribution in [2.45, 2.75) is 46.2 Å². The first-order valence-corrected chi connectivity index (χ1v) is 7.93. The Kier molecular flexibility index (Phi) is 5.62. The molecule has 0 atom stereocenters. The Balaban J connectivity index is 1.83. The third kappa shape index (κ3) is 5.05. The zero-order valence-corrected chi connectivity index (χ0v) is 13.4. The van der Waals surface area contributed by atoms with E-state index < -0.39 is 0 Å². The van der Waals surface area contributed by atoms with Crippen LogP contribution in [0.25, 0.3) is 0 Å². The summed E-state index contributed by atoms with van der Waals surface area (Å²) in [7, 11) is 0. The van der Waals surface area contributed by atoms with Crippen molar-refractivity contribution in [2.75, 3.05) is 18.4 Å². The van der Waals surface area contributed by atoms with Crippen molar-refractivity contribution >= 4 is 11.7 Å². The van der Waals surface area contributed by atoms with Crippen molar-refractivity contribution in [1.29, 1.82) is 0 Å². The van der Waals surface area contributed by atoms with Crippen molar-refractivity contribution in [3.05, 3.63) is 29.8 Å². The van der Waals surface area contributed by atoms with Crippen LogP contribution in [0.4, 0.5) is 10.5 Å². The van der Waals surface area contributed by atoms with Crippen LogP contribution in [0.1, 0.15) is 39.2 Å². The lowest BCUT2D eigenvalue weighted by Gasteiger charge is -2.30. The molecule has 1 aliphatic heterocycles. The maximum atomic E-state index is 12.2. The summed E-state index contributed by atoms with van der Waals surface area (Å²) in [6.45, 7) is 9.10. The second-order valence-corrected chi connectivity index (χ2v) is 6.33. The van der Waals surface area contributed by atoms with E-state index in [1.807, 2.05) is 17.0 Å². The highest BCUT2D eigenvalue weighted by Gasteiger charge is 2.20. The molecule has 0 spiro atoms. The van der Waals surface area contributed by atoms with Gasteiger partial charge in [-0.25, -0.2) is 4.79 Å². The third-order valence-corrected chi connectivity index (χ3v) is 3.99. The molecule has 1 saturated heterocycles. The number of likely N-dealkylation sites (tertiary alicyclic amines) is 1. The van der Waals surface area contributed by atoms with E-state index in [0.29, 0.717) is 6.04 Å². The number of carbonyl (C=O) groups excluding carboxylic acids is 1. The molecule has 2 amide bonds. The number of rotatable bonds is 4. The number of hydrogen-bond acceptors (Lipinski definition) is 2. The van der Waals surface area contributed by atoms with Gasteiger partial charge in [-0.1, -0.05) is 32.9 Å². The normalized spacial score (nSPS) is 16.3. The van der Waals surface area contributed by atoms with Gasteiger partial charge in [0.15, 0.2) is 0 Å². The van der Waals surface area contributed by atoms with E-state index in [4.69, 9.17) is 0 Å². The zero-order valence-electron chi connectivity index (χ0n) is 13.4. The van der Waals surface area contributed by atoms with Crippen LogP contribution >= 0.6 is 0 Å². The highest BCUT2D eigenvalue weighted by molar-refractivity contribution is 5.89. The molecular formula is C17H27N3O. The molecule has 1 fully saturated rings. The molecule has 0 bridgehead atoms. The second kappa shape index (κ2) is 7.46. The van der Waals surface area contributed by atoms with Crippen LogP contribution in [0.2, 0.25) is 0 Å². The molecule has 0 aromatic heterocycles. The predicted molar refractivity (Wildman–Crippen MR) is 87.4 cm³/mol. The molecule has 1 aromatic carbocycles. The van der Waals surface area contributed by atoms with Gasteiger partial charge in [0.1, 0.15) is 0 Å². The van der Waals surface area contributed by atoms with Gasteiger partial charge in [0.25, 0.3) is 0 Å².